The van der Waals surface area contributed by atoms with Gasteiger partial charge in [0.05, 0.1) is 0 Å². The summed E-state index contributed by atoms with van der Waals surface area (Å²) >= 11 is 9.38. The quantitative estimate of drug-likeness (QED) is 0.587. The first kappa shape index (κ1) is 15.6. The Balaban J connectivity index is 1.84. The summed E-state index contributed by atoms with van der Waals surface area (Å²) in [7, 11) is 0. The molecule has 7 heteroatoms. The number of nitrogens with two attached hydrogens (primary N) is 1. The summed E-state index contributed by atoms with van der Waals surface area (Å²) < 4.78 is 1.00. The van der Waals surface area contributed by atoms with Crippen molar-refractivity contribution in [3.8, 4) is 0 Å². The van der Waals surface area contributed by atoms with Crippen LogP contribution in [0.1, 0.15) is 0 Å². The van der Waals surface area contributed by atoms with Crippen molar-refractivity contribution in [2.24, 2.45) is 0 Å². The molecule has 0 unspecified atom stereocenters. The lowest BCUT2D eigenvalue weighted by atomic mass is 10.3. The van der Waals surface area contributed by atoms with Gasteiger partial charge in [-0.2, -0.15) is 0 Å². The summed E-state index contributed by atoms with van der Waals surface area (Å²) in [6, 6.07) is 15.1. The first-order chi connectivity index (χ1) is 11.1. The fraction of sp³-hybridized carbons (Fsp3) is 0. The van der Waals surface area contributed by atoms with Gasteiger partial charge >= 0.3 is 0 Å². The molecule has 0 saturated heterocycles. The molecule has 0 spiro atoms. The van der Waals surface area contributed by atoms with Gasteiger partial charge in [-0.3, -0.25) is 0 Å². The third kappa shape index (κ3) is 3.91. The predicted molar refractivity (Wildman–Crippen MR) is 98.6 cm³/mol. The Morgan fingerprint density at radius 2 is 1.57 bits per heavy atom. The molecule has 23 heavy (non-hydrogen) atoms. The van der Waals surface area contributed by atoms with Gasteiger partial charge in [0.15, 0.2) is 11.6 Å². The van der Waals surface area contributed by atoms with Crippen LogP contribution in [0.25, 0.3) is 0 Å². The van der Waals surface area contributed by atoms with Crippen molar-refractivity contribution in [2.45, 2.75) is 0 Å². The van der Waals surface area contributed by atoms with Crippen LogP contribution in [-0.4, -0.2) is 9.97 Å². The van der Waals surface area contributed by atoms with Crippen LogP contribution in [0.4, 0.5) is 28.7 Å². The number of aromatic nitrogens is 2. The van der Waals surface area contributed by atoms with E-state index in [1.54, 1.807) is 12.1 Å². The molecule has 0 aliphatic heterocycles. The van der Waals surface area contributed by atoms with Crippen molar-refractivity contribution in [3.63, 3.8) is 0 Å². The topological polar surface area (TPSA) is 75.9 Å². The zero-order chi connectivity index (χ0) is 16.2. The van der Waals surface area contributed by atoms with Crippen molar-refractivity contribution >= 4 is 56.2 Å². The van der Waals surface area contributed by atoms with E-state index in [1.165, 1.54) is 6.33 Å². The molecule has 0 aliphatic carbocycles. The van der Waals surface area contributed by atoms with E-state index in [1.807, 2.05) is 36.4 Å². The standard InChI is InChI=1S/C16H13BrClN5/c17-10-4-6-12(7-5-10)22-15-14(19)16(21-9-20-15)23-13-3-1-2-11(18)8-13/h1-9H,19H2,(H2,20,21,22,23). The fourth-order valence-electron chi connectivity index (χ4n) is 1.97. The monoisotopic (exact) mass is 389 g/mol. The number of nitrogens with one attached hydrogen (secondary N) is 2. The zero-order valence-corrected chi connectivity index (χ0v) is 14.3. The number of hydrogen-bond acceptors (Lipinski definition) is 5. The molecule has 0 amide bonds. The Hall–Kier alpha value is -2.31. The van der Waals surface area contributed by atoms with Crippen molar-refractivity contribution in [1.82, 2.24) is 9.97 Å². The number of benzene rings is 2. The number of nitrogen functional groups attached to an aromatic ring is 1. The molecule has 1 heterocycles. The lowest BCUT2D eigenvalue weighted by molar-refractivity contribution is 1.17. The third-order valence-corrected chi connectivity index (χ3v) is 3.84. The summed E-state index contributed by atoms with van der Waals surface area (Å²) in [5.74, 6) is 1.05. The minimum absolute atomic E-state index is 0.426. The number of halogens is 2. The molecule has 4 N–H and O–H groups in total. The summed E-state index contributed by atoms with van der Waals surface area (Å²) in [6.45, 7) is 0. The van der Waals surface area contributed by atoms with Gasteiger partial charge in [-0.05, 0) is 42.5 Å². The van der Waals surface area contributed by atoms with Crippen molar-refractivity contribution in [3.05, 3.63) is 64.4 Å². The van der Waals surface area contributed by atoms with Gasteiger partial charge in [-0.15, -0.1) is 0 Å². The summed E-state index contributed by atoms with van der Waals surface area (Å²) in [6.07, 6.45) is 1.45. The van der Waals surface area contributed by atoms with Crippen molar-refractivity contribution in [2.75, 3.05) is 16.4 Å². The highest BCUT2D eigenvalue weighted by atomic mass is 79.9. The molecule has 0 atom stereocenters. The molecule has 116 valence electrons. The average Bonchev–Trinajstić information content (AvgIpc) is 2.53. The van der Waals surface area contributed by atoms with Crippen molar-refractivity contribution in [1.29, 1.82) is 0 Å². The van der Waals surface area contributed by atoms with E-state index in [0.717, 1.165) is 15.8 Å². The molecule has 0 fully saturated rings. The highest BCUT2D eigenvalue weighted by Gasteiger charge is 2.09. The third-order valence-electron chi connectivity index (χ3n) is 3.08. The first-order valence-electron chi connectivity index (χ1n) is 6.77. The van der Waals surface area contributed by atoms with Crippen LogP contribution in [0.2, 0.25) is 5.02 Å². The number of hydrogen-bond donors (Lipinski definition) is 3. The Morgan fingerprint density at radius 1 is 0.913 bits per heavy atom. The average molecular weight is 391 g/mol. The molecule has 2 aromatic carbocycles. The second-order valence-electron chi connectivity index (χ2n) is 4.75. The van der Waals surface area contributed by atoms with E-state index in [4.69, 9.17) is 17.3 Å². The smallest absolute Gasteiger partial charge is 0.159 e. The van der Waals surface area contributed by atoms with E-state index in [-0.39, 0.29) is 0 Å². The first-order valence-corrected chi connectivity index (χ1v) is 7.94. The van der Waals surface area contributed by atoms with E-state index in [2.05, 4.69) is 36.5 Å². The Kier molecular flexibility index (Phi) is 4.64. The minimum atomic E-state index is 0.426. The molecule has 3 aromatic rings. The Bertz CT molecular complexity index is 823. The van der Waals surface area contributed by atoms with Crippen LogP contribution in [-0.2, 0) is 0 Å². The molecule has 1 aromatic heterocycles. The highest BCUT2D eigenvalue weighted by molar-refractivity contribution is 9.10. The SMILES string of the molecule is Nc1c(Nc2ccc(Br)cc2)ncnc1Nc1cccc(Cl)c1. The second-order valence-corrected chi connectivity index (χ2v) is 6.10. The van der Waals surface area contributed by atoms with Gasteiger partial charge in [-0.25, -0.2) is 9.97 Å². The number of anilines is 5. The Labute approximate surface area is 147 Å². The van der Waals surface area contributed by atoms with Crippen molar-refractivity contribution < 1.29 is 0 Å². The Morgan fingerprint density at radius 3 is 2.22 bits per heavy atom. The number of rotatable bonds is 4. The summed E-state index contributed by atoms with van der Waals surface area (Å²) in [4.78, 5) is 8.37. The number of nitrogens with zero attached hydrogens (tertiary/aromatic N) is 2. The van der Waals surface area contributed by atoms with Crippen LogP contribution < -0.4 is 16.4 Å². The lowest BCUT2D eigenvalue weighted by Crippen LogP contribution is -2.05. The molecule has 0 aliphatic rings. The molecular formula is C16H13BrClN5. The van der Waals surface area contributed by atoms with Crippen LogP contribution >= 0.6 is 27.5 Å². The van der Waals surface area contributed by atoms with E-state index in [0.29, 0.717) is 22.3 Å². The predicted octanol–water partition coefficient (Wildman–Crippen LogP) is 4.96. The van der Waals surface area contributed by atoms with Gasteiger partial charge in [-0.1, -0.05) is 33.6 Å². The van der Waals surface area contributed by atoms with Gasteiger partial charge in [0.1, 0.15) is 12.0 Å². The molecule has 3 rings (SSSR count). The molecule has 0 saturated carbocycles. The minimum Gasteiger partial charge on any atom is -0.393 e. The van der Waals surface area contributed by atoms with E-state index < -0.39 is 0 Å². The molecule has 5 nitrogen and oxygen atoms in total. The molecule has 0 bridgehead atoms. The highest BCUT2D eigenvalue weighted by Crippen LogP contribution is 2.29. The summed E-state index contributed by atoms with van der Waals surface area (Å²) in [5.41, 5.74) is 8.27. The molecular weight excluding hydrogens is 378 g/mol. The van der Waals surface area contributed by atoms with Crippen LogP contribution in [0.15, 0.2) is 59.3 Å². The maximum Gasteiger partial charge on any atom is 0.159 e. The van der Waals surface area contributed by atoms with Crippen LogP contribution in [0.5, 0.6) is 0 Å². The lowest BCUT2D eigenvalue weighted by Gasteiger charge is -2.12. The van der Waals surface area contributed by atoms with Crippen LogP contribution in [0, 0.1) is 0 Å². The maximum absolute atomic E-state index is 6.15. The molecule has 0 radical (unpaired) electrons. The van der Waals surface area contributed by atoms with Crippen LogP contribution in [0.3, 0.4) is 0 Å². The largest absolute Gasteiger partial charge is 0.393 e. The van der Waals surface area contributed by atoms with Gasteiger partial charge in [0.2, 0.25) is 0 Å². The fourth-order valence-corrected chi connectivity index (χ4v) is 2.42. The summed E-state index contributed by atoms with van der Waals surface area (Å²) in [5, 5.41) is 6.95. The maximum atomic E-state index is 6.15. The zero-order valence-electron chi connectivity index (χ0n) is 11.9. The van der Waals surface area contributed by atoms with Gasteiger partial charge in [0, 0.05) is 20.9 Å². The van der Waals surface area contributed by atoms with Gasteiger partial charge < -0.3 is 16.4 Å². The van der Waals surface area contributed by atoms with E-state index in [9.17, 15) is 0 Å². The normalized spacial score (nSPS) is 10.3. The second kappa shape index (κ2) is 6.85. The van der Waals surface area contributed by atoms with E-state index >= 15 is 0 Å². The van der Waals surface area contributed by atoms with Gasteiger partial charge in [0.25, 0.3) is 0 Å².